The second-order valence-electron chi connectivity index (χ2n) is 3.01. The Hall–Kier alpha value is -1.61. The summed E-state index contributed by atoms with van der Waals surface area (Å²) in [5.41, 5.74) is 0. The molecule has 0 aromatic rings. The maximum Gasteiger partial charge on any atom is 0.715 e. The van der Waals surface area contributed by atoms with Crippen molar-refractivity contribution in [1.82, 2.24) is 0 Å². The predicted octanol–water partition coefficient (Wildman–Crippen LogP) is -1.33. The Morgan fingerprint density at radius 2 is 1.94 bits per heavy atom. The molecule has 0 aromatic heterocycles. The minimum Gasteiger partial charge on any atom is -0.484 e. The molecule has 94 valence electrons. The highest BCUT2D eigenvalue weighted by molar-refractivity contribution is 6.40. The smallest absolute Gasteiger partial charge is 0.484 e. The number of esters is 2. The van der Waals surface area contributed by atoms with Crippen LogP contribution in [0, 0.1) is 0 Å². The quantitative estimate of drug-likeness (QED) is 0.341. The highest BCUT2D eigenvalue weighted by Gasteiger charge is 2.41. The van der Waals surface area contributed by atoms with Crippen LogP contribution in [-0.4, -0.2) is 52.2 Å². The van der Waals surface area contributed by atoms with Crippen molar-refractivity contribution in [3.05, 3.63) is 0 Å². The summed E-state index contributed by atoms with van der Waals surface area (Å²) >= 11 is 0. The van der Waals surface area contributed by atoms with Gasteiger partial charge in [-0.1, -0.05) is 0 Å². The van der Waals surface area contributed by atoms with Crippen LogP contribution < -0.4 is 0 Å². The molecule has 1 atom stereocenters. The van der Waals surface area contributed by atoms with Gasteiger partial charge in [-0.15, -0.1) is 0 Å². The van der Waals surface area contributed by atoms with Gasteiger partial charge >= 0.3 is 25.2 Å². The first-order chi connectivity index (χ1) is 8.06. The van der Waals surface area contributed by atoms with E-state index in [9.17, 15) is 14.4 Å². The van der Waals surface area contributed by atoms with E-state index in [1.165, 1.54) is 7.11 Å². The van der Waals surface area contributed by atoms with Crippen LogP contribution >= 0.6 is 0 Å². The van der Waals surface area contributed by atoms with Gasteiger partial charge in [-0.2, -0.15) is 0 Å². The highest BCUT2D eigenvalue weighted by Crippen LogP contribution is 2.11. The third kappa shape index (κ3) is 4.04. The van der Waals surface area contributed by atoms with E-state index >= 15 is 0 Å². The van der Waals surface area contributed by atoms with Crippen molar-refractivity contribution in [1.29, 1.82) is 0 Å². The molecule has 0 aliphatic carbocycles. The van der Waals surface area contributed by atoms with E-state index in [1.807, 2.05) is 0 Å². The second-order valence-corrected chi connectivity index (χ2v) is 3.01. The molecule has 1 aliphatic rings. The molecule has 0 N–H and O–H groups in total. The van der Waals surface area contributed by atoms with Crippen molar-refractivity contribution in [3.63, 3.8) is 0 Å². The van der Waals surface area contributed by atoms with Crippen molar-refractivity contribution in [2.45, 2.75) is 12.5 Å². The molecule has 0 aromatic carbocycles. The van der Waals surface area contributed by atoms with Crippen LogP contribution in [0.4, 0.5) is 0 Å². The number of hydrogen-bond acceptors (Lipinski definition) is 8. The van der Waals surface area contributed by atoms with Crippen molar-refractivity contribution >= 4 is 25.2 Å². The number of rotatable bonds is 4. The van der Waals surface area contributed by atoms with Gasteiger partial charge in [0, 0.05) is 0 Å². The topological polar surface area (TPSA) is 97.4 Å². The number of hydrogen-bond donors (Lipinski definition) is 0. The summed E-state index contributed by atoms with van der Waals surface area (Å²) in [6, 6.07) is 0. The maximum absolute atomic E-state index is 11.1. The van der Waals surface area contributed by atoms with Gasteiger partial charge in [-0.3, -0.25) is 9.59 Å². The average molecular weight is 246 g/mol. The van der Waals surface area contributed by atoms with Crippen LogP contribution in [0.1, 0.15) is 6.42 Å². The molecule has 0 bridgehead atoms. The molecule has 0 amide bonds. The molecule has 8 nitrogen and oxygen atoms in total. The van der Waals surface area contributed by atoms with Gasteiger partial charge in [0.1, 0.15) is 6.42 Å². The van der Waals surface area contributed by atoms with E-state index in [0.717, 1.165) is 7.11 Å². The second kappa shape index (κ2) is 6.21. The molecule has 17 heavy (non-hydrogen) atoms. The minimum atomic E-state index is -1.31. The van der Waals surface area contributed by atoms with Gasteiger partial charge < -0.3 is 23.4 Å². The van der Waals surface area contributed by atoms with E-state index in [0.29, 0.717) is 0 Å². The van der Waals surface area contributed by atoms with Crippen LogP contribution in [0.15, 0.2) is 0 Å². The Bertz CT molecular complexity index is 317. The Morgan fingerprint density at radius 3 is 2.53 bits per heavy atom. The molecule has 1 saturated heterocycles. The van der Waals surface area contributed by atoms with Gasteiger partial charge in [0.2, 0.25) is 0 Å². The summed E-state index contributed by atoms with van der Waals surface area (Å²) < 4.78 is 23.1. The molecular weight excluding hydrogens is 235 g/mol. The normalized spacial score (nSPS) is 18.7. The third-order valence-corrected chi connectivity index (χ3v) is 1.87. The van der Waals surface area contributed by atoms with Crippen LogP contribution in [-0.2, 0) is 37.8 Å². The van der Waals surface area contributed by atoms with Crippen molar-refractivity contribution in [3.8, 4) is 0 Å². The largest absolute Gasteiger partial charge is 0.715 e. The zero-order valence-electron chi connectivity index (χ0n) is 9.33. The lowest BCUT2D eigenvalue weighted by molar-refractivity contribution is -0.151. The van der Waals surface area contributed by atoms with Crippen LogP contribution in [0.3, 0.4) is 0 Å². The lowest BCUT2D eigenvalue weighted by Crippen LogP contribution is -2.29. The van der Waals surface area contributed by atoms with Gasteiger partial charge in [0.15, 0.2) is 6.10 Å². The monoisotopic (exact) mass is 246 g/mol. The third-order valence-electron chi connectivity index (χ3n) is 1.87. The van der Waals surface area contributed by atoms with E-state index in [4.69, 9.17) is 9.31 Å². The molecule has 0 spiro atoms. The fourth-order valence-corrected chi connectivity index (χ4v) is 1.03. The lowest BCUT2D eigenvalue weighted by Gasteiger charge is -2.07. The van der Waals surface area contributed by atoms with Crippen molar-refractivity contribution in [2.24, 2.45) is 0 Å². The minimum absolute atomic E-state index is 0.0805. The number of carbonyl (C=O) groups is 3. The zero-order valence-corrected chi connectivity index (χ0v) is 9.33. The molecule has 1 rings (SSSR count). The summed E-state index contributed by atoms with van der Waals surface area (Å²) in [5.74, 6) is -2.23. The lowest BCUT2D eigenvalue weighted by atomic mass is 10.2. The molecule has 0 radical (unpaired) electrons. The summed E-state index contributed by atoms with van der Waals surface area (Å²) in [6.07, 6.45) is -1.49. The Morgan fingerprint density at radius 1 is 1.24 bits per heavy atom. The van der Waals surface area contributed by atoms with Gasteiger partial charge in [0.25, 0.3) is 0 Å². The zero-order chi connectivity index (χ0) is 12.8. The van der Waals surface area contributed by atoms with E-state index < -0.39 is 37.8 Å². The SMILES string of the molecule is COC(=O)CC(=O)OB1OCC(C(=O)OC)O1. The Kier molecular flexibility index (Phi) is 4.92. The van der Waals surface area contributed by atoms with E-state index in [-0.39, 0.29) is 6.61 Å². The molecule has 1 fully saturated rings. The first kappa shape index (κ1) is 13.5. The Balaban J connectivity index is 2.32. The fraction of sp³-hybridized carbons (Fsp3) is 0.625. The van der Waals surface area contributed by atoms with Crippen LogP contribution in [0.2, 0.25) is 0 Å². The van der Waals surface area contributed by atoms with E-state index in [2.05, 4.69) is 14.1 Å². The molecule has 1 unspecified atom stereocenters. The van der Waals surface area contributed by atoms with E-state index in [1.54, 1.807) is 0 Å². The summed E-state index contributed by atoms with van der Waals surface area (Å²) in [5, 5.41) is 0. The van der Waals surface area contributed by atoms with Gasteiger partial charge in [-0.25, -0.2) is 4.79 Å². The molecule has 9 heteroatoms. The summed E-state index contributed by atoms with van der Waals surface area (Å²) in [6.45, 7) is -0.0805. The molecule has 1 aliphatic heterocycles. The summed E-state index contributed by atoms with van der Waals surface area (Å²) in [7, 11) is 1.03. The molecule has 1 heterocycles. The fourth-order valence-electron chi connectivity index (χ4n) is 1.03. The van der Waals surface area contributed by atoms with Gasteiger partial charge in [0.05, 0.1) is 20.8 Å². The van der Waals surface area contributed by atoms with Crippen LogP contribution in [0.25, 0.3) is 0 Å². The predicted molar refractivity (Wildman–Crippen MR) is 51.3 cm³/mol. The highest BCUT2D eigenvalue weighted by atomic mass is 16.8. The average Bonchev–Trinajstić information content (AvgIpc) is 2.76. The first-order valence-corrected chi connectivity index (χ1v) is 4.68. The first-order valence-electron chi connectivity index (χ1n) is 4.68. The maximum atomic E-state index is 11.1. The number of carbonyl (C=O) groups excluding carboxylic acids is 3. The number of ether oxygens (including phenoxy) is 2. The van der Waals surface area contributed by atoms with Gasteiger partial charge in [-0.05, 0) is 0 Å². The number of methoxy groups -OCH3 is 2. The van der Waals surface area contributed by atoms with Crippen LogP contribution in [0.5, 0.6) is 0 Å². The summed E-state index contributed by atoms with van der Waals surface area (Å²) in [4.78, 5) is 32.9. The van der Waals surface area contributed by atoms with Crippen molar-refractivity contribution in [2.75, 3.05) is 20.8 Å². The Labute approximate surface area is 97.3 Å². The van der Waals surface area contributed by atoms with Crippen molar-refractivity contribution < 1.29 is 37.8 Å². The standard InChI is InChI=1S/C8H11BO8/c1-13-6(10)3-7(11)17-9-15-4-5(16-9)8(12)14-2/h5H,3-4H2,1-2H3. The molecule has 0 saturated carbocycles. The molecular formula is C8H11BO8.